The normalized spacial score (nSPS) is 11.6. The summed E-state index contributed by atoms with van der Waals surface area (Å²) in [6.07, 6.45) is 0.0821. The Morgan fingerprint density at radius 3 is 2.32 bits per heavy atom. The first-order valence-electron chi connectivity index (χ1n) is 7.61. The number of rotatable bonds is 7. The van der Waals surface area contributed by atoms with Crippen molar-refractivity contribution in [3.05, 3.63) is 65.2 Å². The van der Waals surface area contributed by atoms with Crippen LogP contribution in [0.4, 0.5) is 0 Å². The number of hydrogen-bond donors (Lipinski definition) is 5. The van der Waals surface area contributed by atoms with Crippen LogP contribution in [0.2, 0.25) is 0 Å². The van der Waals surface area contributed by atoms with Gasteiger partial charge in [0.1, 0.15) is 5.75 Å². The van der Waals surface area contributed by atoms with E-state index in [1.807, 2.05) is 0 Å². The van der Waals surface area contributed by atoms with E-state index in [0.717, 1.165) is 0 Å². The Morgan fingerprint density at radius 2 is 1.72 bits per heavy atom. The van der Waals surface area contributed by atoms with E-state index in [4.69, 9.17) is 5.11 Å². The Hall–Kier alpha value is -2.84. The summed E-state index contributed by atoms with van der Waals surface area (Å²) in [6.45, 7) is 0. The maximum Gasteiger partial charge on any atom is 0.475 e. The van der Waals surface area contributed by atoms with E-state index in [1.54, 1.807) is 24.3 Å². The third-order valence-electron chi connectivity index (χ3n) is 3.64. The van der Waals surface area contributed by atoms with Crippen LogP contribution in [-0.4, -0.2) is 45.2 Å². The average Bonchev–Trinajstić information content (AvgIpc) is 2.56. The van der Waals surface area contributed by atoms with Gasteiger partial charge < -0.3 is 25.6 Å². The molecular formula is C17H18BNO6. The van der Waals surface area contributed by atoms with Gasteiger partial charge in [0.05, 0.1) is 17.9 Å². The molecular weight excluding hydrogens is 325 g/mol. The number of hydrogen-bond acceptors (Lipinski definition) is 5. The molecule has 2 rings (SSSR count). The quantitative estimate of drug-likeness (QED) is 0.463. The highest BCUT2D eigenvalue weighted by atomic mass is 16.4. The molecule has 2 aromatic rings. The van der Waals surface area contributed by atoms with Crippen molar-refractivity contribution >= 4 is 19.0 Å². The van der Waals surface area contributed by atoms with E-state index >= 15 is 0 Å². The monoisotopic (exact) mass is 343 g/mol. The molecule has 7 nitrogen and oxygen atoms in total. The lowest BCUT2D eigenvalue weighted by molar-refractivity contribution is -0.120. The van der Waals surface area contributed by atoms with Crippen LogP contribution in [0, 0.1) is 0 Å². The second-order valence-electron chi connectivity index (χ2n) is 5.64. The standard InChI is InChI=1S/C17H18BNO6/c20-14-6-4-11(5-7-14)10-16(21)19-15(18(24)25)9-12-2-1-3-13(8-12)17(22)23/h1-8,15,20,24-25H,9-10H2,(H,19,21)(H,22,23). The van der Waals surface area contributed by atoms with Crippen molar-refractivity contribution in [2.75, 3.05) is 0 Å². The number of carboxylic acid groups (broad SMARTS) is 1. The Balaban J connectivity index is 2.02. The van der Waals surface area contributed by atoms with Crippen LogP contribution in [0.5, 0.6) is 5.75 Å². The van der Waals surface area contributed by atoms with Crippen molar-refractivity contribution in [2.45, 2.75) is 18.8 Å². The molecule has 0 bridgehead atoms. The SMILES string of the molecule is O=C(Cc1ccc(O)cc1)NC(Cc1cccc(C(=O)O)c1)B(O)O. The summed E-state index contributed by atoms with van der Waals surface area (Å²) in [5.74, 6) is -2.39. The van der Waals surface area contributed by atoms with Gasteiger partial charge in [0.15, 0.2) is 0 Å². The van der Waals surface area contributed by atoms with E-state index in [2.05, 4.69) is 5.32 Å². The predicted molar refractivity (Wildman–Crippen MR) is 91.0 cm³/mol. The van der Waals surface area contributed by atoms with Gasteiger partial charge in [-0.3, -0.25) is 4.79 Å². The molecule has 2 aromatic carbocycles. The van der Waals surface area contributed by atoms with Gasteiger partial charge in [-0.2, -0.15) is 0 Å². The zero-order chi connectivity index (χ0) is 18.4. The van der Waals surface area contributed by atoms with Crippen LogP contribution in [0.15, 0.2) is 48.5 Å². The molecule has 0 saturated heterocycles. The highest BCUT2D eigenvalue weighted by Crippen LogP contribution is 2.11. The van der Waals surface area contributed by atoms with Crippen molar-refractivity contribution in [2.24, 2.45) is 0 Å². The van der Waals surface area contributed by atoms with Crippen LogP contribution in [0.3, 0.4) is 0 Å². The fourth-order valence-corrected chi connectivity index (χ4v) is 2.37. The van der Waals surface area contributed by atoms with E-state index < -0.39 is 24.9 Å². The smallest absolute Gasteiger partial charge is 0.475 e. The Morgan fingerprint density at radius 1 is 1.04 bits per heavy atom. The van der Waals surface area contributed by atoms with Crippen molar-refractivity contribution in [1.29, 1.82) is 0 Å². The predicted octanol–water partition coefficient (Wildman–Crippen LogP) is 0.372. The summed E-state index contributed by atoms with van der Waals surface area (Å²) < 4.78 is 0. The molecule has 0 aromatic heterocycles. The molecule has 0 aliphatic rings. The molecule has 0 heterocycles. The summed E-state index contributed by atoms with van der Waals surface area (Å²) in [5.41, 5.74) is 1.30. The second-order valence-corrected chi connectivity index (χ2v) is 5.64. The van der Waals surface area contributed by atoms with Gasteiger partial charge in [0.2, 0.25) is 5.91 Å². The maximum atomic E-state index is 12.1. The molecule has 25 heavy (non-hydrogen) atoms. The first-order valence-corrected chi connectivity index (χ1v) is 7.61. The van der Waals surface area contributed by atoms with E-state index in [1.165, 1.54) is 24.3 Å². The van der Waals surface area contributed by atoms with Crippen molar-refractivity contribution in [3.63, 3.8) is 0 Å². The van der Waals surface area contributed by atoms with Crippen LogP contribution < -0.4 is 5.32 Å². The lowest BCUT2D eigenvalue weighted by Crippen LogP contribution is -2.48. The number of carbonyl (C=O) groups is 2. The summed E-state index contributed by atoms with van der Waals surface area (Å²) >= 11 is 0. The number of aromatic carboxylic acids is 1. The molecule has 8 heteroatoms. The first-order chi connectivity index (χ1) is 11.8. The molecule has 1 atom stereocenters. The number of phenols is 1. The van der Waals surface area contributed by atoms with Crippen LogP contribution in [0.1, 0.15) is 21.5 Å². The number of carbonyl (C=O) groups excluding carboxylic acids is 1. The van der Waals surface area contributed by atoms with Crippen molar-refractivity contribution < 1.29 is 29.9 Å². The zero-order valence-electron chi connectivity index (χ0n) is 13.3. The number of nitrogens with one attached hydrogen (secondary N) is 1. The summed E-state index contributed by atoms with van der Waals surface area (Å²) in [4.78, 5) is 23.1. The Labute approximate surface area is 144 Å². The molecule has 1 unspecified atom stereocenters. The number of carboxylic acids is 1. The minimum Gasteiger partial charge on any atom is -0.508 e. The highest BCUT2D eigenvalue weighted by Gasteiger charge is 2.25. The zero-order valence-corrected chi connectivity index (χ0v) is 13.3. The lowest BCUT2D eigenvalue weighted by Gasteiger charge is -2.18. The highest BCUT2D eigenvalue weighted by molar-refractivity contribution is 6.43. The van der Waals surface area contributed by atoms with E-state index in [-0.39, 0.29) is 24.2 Å². The summed E-state index contributed by atoms with van der Waals surface area (Å²) in [6, 6.07) is 12.2. The fourth-order valence-electron chi connectivity index (χ4n) is 2.37. The Kier molecular flexibility index (Phi) is 6.16. The molecule has 0 radical (unpaired) electrons. The fraction of sp³-hybridized carbons (Fsp3) is 0.176. The van der Waals surface area contributed by atoms with Crippen molar-refractivity contribution in [3.8, 4) is 5.75 Å². The third kappa shape index (κ3) is 5.63. The molecule has 0 spiro atoms. The molecule has 130 valence electrons. The van der Waals surface area contributed by atoms with Crippen LogP contribution in [-0.2, 0) is 17.6 Å². The molecule has 1 amide bonds. The second kappa shape index (κ2) is 8.32. The van der Waals surface area contributed by atoms with Gasteiger partial charge >= 0.3 is 13.1 Å². The molecule has 5 N–H and O–H groups in total. The van der Waals surface area contributed by atoms with E-state index in [0.29, 0.717) is 11.1 Å². The average molecular weight is 343 g/mol. The van der Waals surface area contributed by atoms with E-state index in [9.17, 15) is 24.7 Å². The molecule has 0 aliphatic heterocycles. The third-order valence-corrected chi connectivity index (χ3v) is 3.64. The van der Waals surface area contributed by atoms with Gasteiger partial charge in [0, 0.05) is 0 Å². The minimum absolute atomic E-state index is 0.0126. The number of benzene rings is 2. The van der Waals surface area contributed by atoms with Crippen LogP contribution in [0.25, 0.3) is 0 Å². The van der Waals surface area contributed by atoms with Crippen LogP contribution >= 0.6 is 0 Å². The summed E-state index contributed by atoms with van der Waals surface area (Å²) in [5, 5.41) is 39.7. The molecule has 0 aliphatic carbocycles. The first kappa shape index (κ1) is 18.5. The topological polar surface area (TPSA) is 127 Å². The maximum absolute atomic E-state index is 12.1. The van der Waals surface area contributed by atoms with Gasteiger partial charge in [-0.25, -0.2) is 4.79 Å². The van der Waals surface area contributed by atoms with Crippen molar-refractivity contribution in [1.82, 2.24) is 5.32 Å². The largest absolute Gasteiger partial charge is 0.508 e. The van der Waals surface area contributed by atoms with Gasteiger partial charge in [-0.15, -0.1) is 0 Å². The molecule has 0 fully saturated rings. The number of amides is 1. The minimum atomic E-state index is -1.79. The number of phenolic OH excluding ortho intramolecular Hbond substituents is 1. The molecule has 0 saturated carbocycles. The van der Waals surface area contributed by atoms with Gasteiger partial charge in [0.25, 0.3) is 0 Å². The number of aromatic hydroxyl groups is 1. The van der Waals surface area contributed by atoms with Gasteiger partial charge in [-0.1, -0.05) is 24.3 Å². The summed E-state index contributed by atoms with van der Waals surface area (Å²) in [7, 11) is -1.79. The lowest BCUT2D eigenvalue weighted by atomic mass is 9.75. The van der Waals surface area contributed by atoms with Gasteiger partial charge in [-0.05, 0) is 41.8 Å². The Bertz CT molecular complexity index is 747.